The maximum absolute atomic E-state index is 10.6. The number of hydrogen-bond donors (Lipinski definition) is 0. The van der Waals surface area contributed by atoms with Gasteiger partial charge in [0.15, 0.2) is 0 Å². The van der Waals surface area contributed by atoms with Crippen LogP contribution in [0.25, 0.3) is 0 Å². The van der Waals surface area contributed by atoms with Crippen LogP contribution < -0.4 is 0 Å². The van der Waals surface area contributed by atoms with Gasteiger partial charge in [0.25, 0.3) is 0 Å². The van der Waals surface area contributed by atoms with Gasteiger partial charge in [0.05, 0.1) is 0 Å². The van der Waals surface area contributed by atoms with E-state index in [0.717, 1.165) is 0 Å². The van der Waals surface area contributed by atoms with Crippen LogP contribution in [0.1, 0.15) is 13.8 Å². The van der Waals surface area contributed by atoms with Gasteiger partial charge in [-0.3, -0.25) is 0 Å². The summed E-state index contributed by atoms with van der Waals surface area (Å²) >= 11 is -2.65. The molecule has 9 heavy (non-hydrogen) atoms. The first-order chi connectivity index (χ1) is 4.09. The minimum absolute atomic E-state index is 0.0171. The van der Waals surface area contributed by atoms with Gasteiger partial charge >= 0.3 is 75.6 Å². The van der Waals surface area contributed by atoms with E-state index in [1.54, 1.807) is 0 Å². The SMILES string of the molecule is C[C](=O)[SnH]([O][SnH3])[C](C)=O. The van der Waals surface area contributed by atoms with E-state index in [9.17, 15) is 9.59 Å². The number of rotatable bonds is 3. The summed E-state index contributed by atoms with van der Waals surface area (Å²) in [7, 11) is 0. The van der Waals surface area contributed by atoms with Crippen LogP contribution in [0.4, 0.5) is 0 Å². The molecule has 0 aliphatic carbocycles. The Bertz CT molecular complexity index is 120. The predicted molar refractivity (Wildman–Crippen MR) is 39.5 cm³/mol. The van der Waals surface area contributed by atoms with Crippen LogP contribution in [0.15, 0.2) is 0 Å². The van der Waals surface area contributed by atoms with Gasteiger partial charge in [0.2, 0.25) is 0 Å². The molecule has 0 saturated carbocycles. The van der Waals surface area contributed by atoms with Gasteiger partial charge < -0.3 is 0 Å². The zero-order valence-corrected chi connectivity index (χ0v) is 14.8. The van der Waals surface area contributed by atoms with Gasteiger partial charge in [-0.15, -0.1) is 0 Å². The first-order valence-corrected chi connectivity index (χ1v) is 9.60. The molecule has 0 radical (unpaired) electrons. The van der Waals surface area contributed by atoms with Gasteiger partial charge in [0, 0.05) is 0 Å². The fourth-order valence-electron chi connectivity index (χ4n) is 0.618. The average molecular weight is 344 g/mol. The van der Waals surface area contributed by atoms with Crippen molar-refractivity contribution in [2.45, 2.75) is 13.8 Å². The molecule has 52 valence electrons. The molecule has 0 aromatic heterocycles. The molecule has 0 aliphatic heterocycles. The third-order valence-corrected chi connectivity index (χ3v) is 15.6. The second-order valence-electron chi connectivity index (χ2n) is 1.84. The minimum atomic E-state index is -2.70. The van der Waals surface area contributed by atoms with Gasteiger partial charge in [0.1, 0.15) is 0 Å². The molecule has 0 atom stereocenters. The topological polar surface area (TPSA) is 43.4 Å². The van der Waals surface area contributed by atoms with Gasteiger partial charge in [-0.1, -0.05) is 0 Å². The van der Waals surface area contributed by atoms with E-state index < -0.39 is 20.2 Å². The summed E-state index contributed by atoms with van der Waals surface area (Å²) in [6, 6.07) is 0. The molecule has 0 aromatic rings. The van der Waals surface area contributed by atoms with Crippen molar-refractivity contribution in [3.63, 3.8) is 0 Å². The van der Waals surface area contributed by atoms with E-state index in [1.807, 2.05) is 0 Å². The molecule has 0 N–H and O–H groups in total. The van der Waals surface area contributed by atoms with E-state index in [2.05, 4.69) is 0 Å². The molecule has 0 spiro atoms. The van der Waals surface area contributed by atoms with E-state index in [-0.39, 0.29) is 30.5 Å². The number of hydrogen-bond acceptors (Lipinski definition) is 3. The van der Waals surface area contributed by atoms with Crippen LogP contribution in [0.3, 0.4) is 0 Å². The van der Waals surface area contributed by atoms with E-state index in [1.165, 1.54) is 13.8 Å². The summed E-state index contributed by atoms with van der Waals surface area (Å²) in [5.41, 5.74) is 0. The van der Waals surface area contributed by atoms with Crippen LogP contribution in [0.5, 0.6) is 0 Å². The summed E-state index contributed by atoms with van der Waals surface area (Å²) in [4.78, 5) is 21.2. The van der Waals surface area contributed by atoms with Crippen LogP contribution in [-0.2, 0) is 11.0 Å². The Morgan fingerprint density at radius 3 is 1.67 bits per heavy atom. The third kappa shape index (κ3) is 3.56. The predicted octanol–water partition coefficient (Wildman–Crippen LogP) is -1.74. The first-order valence-electron chi connectivity index (χ1n) is 2.63. The van der Waals surface area contributed by atoms with Crippen molar-refractivity contribution in [3.05, 3.63) is 0 Å². The molecule has 0 unspecified atom stereocenters. The molecule has 0 fully saturated rings. The Hall–Kier alpha value is 0.897. The van der Waals surface area contributed by atoms with E-state index >= 15 is 0 Å². The van der Waals surface area contributed by atoms with Gasteiger partial charge in [-0.25, -0.2) is 0 Å². The molecule has 3 nitrogen and oxygen atoms in total. The van der Waals surface area contributed by atoms with E-state index in [4.69, 9.17) is 1.41 Å². The fourth-order valence-corrected chi connectivity index (χ4v) is 16.9. The average Bonchev–Trinajstić information content (AvgIpc) is 1.64. The maximum atomic E-state index is 10.6. The summed E-state index contributed by atoms with van der Waals surface area (Å²) < 4.78 is 5.03. The monoisotopic (exact) mass is 346 g/mol. The van der Waals surface area contributed by atoms with E-state index in [0.29, 0.717) is 0 Å². The molecule has 5 heteroatoms. The summed E-state index contributed by atoms with van der Waals surface area (Å²) in [6.45, 7) is 2.91. The van der Waals surface area contributed by atoms with Crippen LogP contribution in [0, 0.1) is 0 Å². The molecule has 0 amide bonds. The third-order valence-electron chi connectivity index (χ3n) is 0.974. The number of carbonyl (C=O) groups excluding carboxylic acids is 2. The molecule has 0 rings (SSSR count). The summed E-state index contributed by atoms with van der Waals surface area (Å²) in [5.74, 6) is 0. The number of carbonyl (C=O) groups is 2. The Kier molecular flexibility index (Phi) is 5.14. The second-order valence-corrected chi connectivity index (χ2v) is 19.0. The van der Waals surface area contributed by atoms with Crippen molar-refractivity contribution in [3.8, 4) is 0 Å². The zero-order chi connectivity index (χ0) is 7.44. The van der Waals surface area contributed by atoms with Crippen LogP contribution in [0.2, 0.25) is 0 Å². The molecular formula is C4H10O3Sn2. The van der Waals surface area contributed by atoms with Gasteiger partial charge in [-0.05, 0) is 0 Å². The molecule has 0 aliphatic rings. The summed E-state index contributed by atoms with van der Waals surface area (Å²) in [5, 5.41) is 0. The molecule has 0 heterocycles. The van der Waals surface area contributed by atoms with Gasteiger partial charge in [-0.2, -0.15) is 0 Å². The fraction of sp³-hybridized carbons (Fsp3) is 0.500. The van der Waals surface area contributed by atoms with Crippen molar-refractivity contribution in [2.24, 2.45) is 0 Å². The quantitative estimate of drug-likeness (QED) is 0.572. The Morgan fingerprint density at radius 2 is 1.67 bits per heavy atom. The molecule has 0 bridgehead atoms. The zero-order valence-electron chi connectivity index (χ0n) is 5.80. The van der Waals surface area contributed by atoms with Crippen LogP contribution >= 0.6 is 0 Å². The molecular weight excluding hydrogens is 333 g/mol. The van der Waals surface area contributed by atoms with Crippen molar-refractivity contribution in [2.75, 3.05) is 0 Å². The Morgan fingerprint density at radius 1 is 1.33 bits per heavy atom. The molecule has 0 aromatic carbocycles. The van der Waals surface area contributed by atoms with Crippen LogP contribution in [-0.4, -0.2) is 50.7 Å². The van der Waals surface area contributed by atoms with Crippen molar-refractivity contribution in [1.82, 2.24) is 0 Å². The standard InChI is InChI=1S/2C2H3O.O.2Sn.4H/c2*1-2-3;;;;;;;/h2*1H3;;;;;;;. The Balaban J connectivity index is 3.99. The first kappa shape index (κ1) is 9.90. The normalized spacial score (nSPS) is 10.1. The van der Waals surface area contributed by atoms with Crippen molar-refractivity contribution in [1.29, 1.82) is 0 Å². The Labute approximate surface area is 75.1 Å². The van der Waals surface area contributed by atoms with Crippen molar-refractivity contribution < 1.29 is 11.0 Å². The summed E-state index contributed by atoms with van der Waals surface area (Å²) in [6.07, 6.45) is 0. The molecule has 0 saturated heterocycles. The second kappa shape index (κ2) is 4.67. The van der Waals surface area contributed by atoms with Crippen molar-refractivity contribution >= 4 is 50.7 Å².